The summed E-state index contributed by atoms with van der Waals surface area (Å²) in [6.07, 6.45) is 1.72. The summed E-state index contributed by atoms with van der Waals surface area (Å²) in [4.78, 5) is 12.3. The molecule has 0 saturated carbocycles. The lowest BCUT2D eigenvalue weighted by Crippen LogP contribution is -2.15. The van der Waals surface area contributed by atoms with E-state index in [1.807, 2.05) is 16.7 Å². The number of nitrogens with zero attached hydrogens (tertiary/aromatic N) is 3. The van der Waals surface area contributed by atoms with E-state index in [4.69, 9.17) is 10.9 Å². The van der Waals surface area contributed by atoms with Crippen molar-refractivity contribution in [2.75, 3.05) is 16.8 Å². The maximum atomic E-state index is 12.3. The maximum Gasteiger partial charge on any atom is 0.238 e. The molecule has 2 aromatic carbocycles. The van der Waals surface area contributed by atoms with Crippen LogP contribution in [0.1, 0.15) is 0 Å². The number of carbonyl (C=O) groups excluding carboxylic acids is 1. The molecule has 0 aliphatic heterocycles. The zero-order valence-electron chi connectivity index (χ0n) is 15.9. The first kappa shape index (κ1) is 21.6. The van der Waals surface area contributed by atoms with Crippen molar-refractivity contribution in [3.05, 3.63) is 61.2 Å². The molecule has 9 nitrogen and oxygen atoms in total. The minimum absolute atomic E-state index is 0.0254. The summed E-state index contributed by atoms with van der Waals surface area (Å²) in [7, 11) is -3.78. The molecule has 3 aromatic rings. The van der Waals surface area contributed by atoms with E-state index in [9.17, 15) is 13.2 Å². The number of amides is 1. The van der Waals surface area contributed by atoms with Crippen LogP contribution in [0.2, 0.25) is 0 Å². The van der Waals surface area contributed by atoms with Gasteiger partial charge >= 0.3 is 0 Å². The topological polar surface area (TPSA) is 146 Å². The van der Waals surface area contributed by atoms with E-state index in [-0.39, 0.29) is 16.6 Å². The normalized spacial score (nSPS) is 11.2. The predicted molar refractivity (Wildman–Crippen MR) is 117 cm³/mol. The molecule has 5 N–H and O–H groups in total. The number of benzene rings is 2. The SMILES string of the molecule is C=CCn1c(SCC(=O)Nc2ccc(S(N)(=O)=O)cc2)nnc1-c1ccc(N)cc1. The minimum atomic E-state index is -3.78. The summed E-state index contributed by atoms with van der Waals surface area (Å²) in [6.45, 7) is 4.24. The Morgan fingerprint density at radius 1 is 1.13 bits per heavy atom. The van der Waals surface area contributed by atoms with E-state index < -0.39 is 10.0 Å². The molecule has 30 heavy (non-hydrogen) atoms. The molecule has 0 atom stereocenters. The molecular weight excluding hydrogens is 424 g/mol. The number of allylic oxidation sites excluding steroid dienone is 1. The fourth-order valence-electron chi connectivity index (χ4n) is 2.59. The Morgan fingerprint density at radius 2 is 1.80 bits per heavy atom. The van der Waals surface area contributed by atoms with Crippen LogP contribution in [-0.4, -0.2) is 34.8 Å². The van der Waals surface area contributed by atoms with Gasteiger partial charge in [0.05, 0.1) is 10.6 Å². The molecule has 0 bridgehead atoms. The van der Waals surface area contributed by atoms with Crippen LogP contribution in [0.15, 0.2) is 71.2 Å². The van der Waals surface area contributed by atoms with Gasteiger partial charge in [-0.25, -0.2) is 13.6 Å². The first-order valence-electron chi connectivity index (χ1n) is 8.73. The summed E-state index contributed by atoms with van der Waals surface area (Å²) in [5, 5.41) is 16.8. The first-order valence-corrected chi connectivity index (χ1v) is 11.3. The summed E-state index contributed by atoms with van der Waals surface area (Å²) < 4.78 is 24.4. The number of nitrogen functional groups attached to an aromatic ring is 1. The highest BCUT2D eigenvalue weighted by molar-refractivity contribution is 7.99. The van der Waals surface area contributed by atoms with Crippen molar-refractivity contribution in [1.29, 1.82) is 0 Å². The van der Waals surface area contributed by atoms with Crippen molar-refractivity contribution < 1.29 is 13.2 Å². The number of thioether (sulfide) groups is 1. The lowest BCUT2D eigenvalue weighted by molar-refractivity contribution is -0.113. The van der Waals surface area contributed by atoms with E-state index in [1.165, 1.54) is 36.0 Å². The van der Waals surface area contributed by atoms with Gasteiger partial charge < -0.3 is 11.1 Å². The van der Waals surface area contributed by atoms with Crippen molar-refractivity contribution in [3.8, 4) is 11.4 Å². The number of primary sulfonamides is 1. The van der Waals surface area contributed by atoms with E-state index in [1.54, 1.807) is 18.2 Å². The number of sulfonamides is 1. The average Bonchev–Trinajstić information content (AvgIpc) is 3.10. The molecule has 0 aliphatic rings. The largest absolute Gasteiger partial charge is 0.399 e. The second-order valence-corrected chi connectivity index (χ2v) is 8.74. The van der Waals surface area contributed by atoms with Gasteiger partial charge in [0.15, 0.2) is 11.0 Å². The lowest BCUT2D eigenvalue weighted by atomic mass is 10.2. The molecule has 0 aliphatic carbocycles. The van der Waals surface area contributed by atoms with Crippen molar-refractivity contribution in [2.24, 2.45) is 5.14 Å². The third-order valence-corrected chi connectivity index (χ3v) is 5.89. The summed E-state index contributed by atoms with van der Waals surface area (Å²) in [5.41, 5.74) is 7.70. The van der Waals surface area contributed by atoms with Crippen LogP contribution in [0.5, 0.6) is 0 Å². The Balaban J connectivity index is 1.68. The molecule has 0 saturated heterocycles. The van der Waals surface area contributed by atoms with E-state index in [0.29, 0.717) is 28.9 Å². The highest BCUT2D eigenvalue weighted by atomic mass is 32.2. The number of carbonyl (C=O) groups is 1. The molecule has 1 amide bonds. The Kier molecular flexibility index (Phi) is 6.55. The van der Waals surface area contributed by atoms with Gasteiger partial charge in [0.1, 0.15) is 0 Å². The van der Waals surface area contributed by atoms with Crippen LogP contribution in [0.4, 0.5) is 11.4 Å². The lowest BCUT2D eigenvalue weighted by Gasteiger charge is -2.08. The van der Waals surface area contributed by atoms with Gasteiger partial charge in [0.25, 0.3) is 0 Å². The highest BCUT2D eigenvalue weighted by Gasteiger charge is 2.15. The standard InChI is InChI=1S/C19H20N6O3S2/c1-2-11-25-18(13-3-5-14(20)6-4-13)23-24-19(25)29-12-17(26)22-15-7-9-16(10-8-15)30(21,27)28/h2-10H,1,11-12,20H2,(H,22,26)(H2,21,27,28). The van der Waals surface area contributed by atoms with Gasteiger partial charge in [-0.05, 0) is 48.5 Å². The molecule has 3 rings (SSSR count). The Morgan fingerprint density at radius 3 is 2.40 bits per heavy atom. The van der Waals surface area contributed by atoms with Gasteiger partial charge in [-0.1, -0.05) is 17.8 Å². The third kappa shape index (κ3) is 5.26. The molecule has 0 spiro atoms. The van der Waals surface area contributed by atoms with Crippen molar-refractivity contribution in [3.63, 3.8) is 0 Å². The van der Waals surface area contributed by atoms with Crippen LogP contribution < -0.4 is 16.2 Å². The number of aromatic nitrogens is 3. The van der Waals surface area contributed by atoms with E-state index >= 15 is 0 Å². The van der Waals surface area contributed by atoms with Gasteiger partial charge in [-0.2, -0.15) is 0 Å². The second kappa shape index (κ2) is 9.11. The monoisotopic (exact) mass is 444 g/mol. The van der Waals surface area contributed by atoms with Crippen LogP contribution in [0.3, 0.4) is 0 Å². The molecule has 1 heterocycles. The molecule has 1 aromatic heterocycles. The molecule has 11 heteroatoms. The number of hydrogen-bond acceptors (Lipinski definition) is 7. The van der Waals surface area contributed by atoms with Gasteiger partial charge in [0, 0.05) is 23.5 Å². The van der Waals surface area contributed by atoms with Gasteiger partial charge in [-0.3, -0.25) is 9.36 Å². The van der Waals surface area contributed by atoms with Gasteiger partial charge in [-0.15, -0.1) is 16.8 Å². The van der Waals surface area contributed by atoms with Crippen molar-refractivity contribution >= 4 is 39.1 Å². The Hall–Kier alpha value is -3.15. The third-order valence-electron chi connectivity index (χ3n) is 4.00. The van der Waals surface area contributed by atoms with Crippen LogP contribution in [-0.2, 0) is 21.4 Å². The fourth-order valence-corrected chi connectivity index (χ4v) is 3.85. The van der Waals surface area contributed by atoms with Crippen LogP contribution in [0, 0.1) is 0 Å². The van der Waals surface area contributed by atoms with E-state index in [0.717, 1.165) is 5.56 Å². The fraction of sp³-hybridized carbons (Fsp3) is 0.105. The number of rotatable bonds is 8. The zero-order valence-corrected chi connectivity index (χ0v) is 17.5. The quantitative estimate of drug-likeness (QED) is 0.274. The van der Waals surface area contributed by atoms with Crippen molar-refractivity contribution in [2.45, 2.75) is 16.6 Å². The van der Waals surface area contributed by atoms with Gasteiger partial charge in [0.2, 0.25) is 15.9 Å². The maximum absolute atomic E-state index is 12.3. The van der Waals surface area contributed by atoms with E-state index in [2.05, 4.69) is 22.1 Å². The number of nitrogens with two attached hydrogens (primary N) is 2. The molecule has 0 radical (unpaired) electrons. The summed E-state index contributed by atoms with van der Waals surface area (Å²) in [6, 6.07) is 12.9. The van der Waals surface area contributed by atoms with Crippen molar-refractivity contribution in [1.82, 2.24) is 14.8 Å². The molecule has 0 unspecified atom stereocenters. The molecule has 0 fully saturated rings. The Bertz CT molecular complexity index is 1160. The smallest absolute Gasteiger partial charge is 0.238 e. The number of nitrogens with one attached hydrogen (secondary N) is 1. The second-order valence-electron chi connectivity index (χ2n) is 6.23. The van der Waals surface area contributed by atoms with Crippen LogP contribution >= 0.6 is 11.8 Å². The average molecular weight is 445 g/mol. The number of hydrogen-bond donors (Lipinski definition) is 3. The predicted octanol–water partition coefficient (Wildman–Crippen LogP) is 2.09. The first-order chi connectivity index (χ1) is 14.3. The highest BCUT2D eigenvalue weighted by Crippen LogP contribution is 2.25. The summed E-state index contributed by atoms with van der Waals surface area (Å²) in [5.74, 6) is 0.468. The molecular formula is C19H20N6O3S2. The van der Waals surface area contributed by atoms with Crippen LogP contribution in [0.25, 0.3) is 11.4 Å². The minimum Gasteiger partial charge on any atom is -0.399 e. The Labute approximate surface area is 178 Å². The zero-order chi connectivity index (χ0) is 21.7. The number of anilines is 2. The summed E-state index contributed by atoms with van der Waals surface area (Å²) >= 11 is 1.23. The molecule has 156 valence electrons.